The van der Waals surface area contributed by atoms with Crippen molar-refractivity contribution in [2.24, 2.45) is 0 Å². The molecule has 0 atom stereocenters. The van der Waals surface area contributed by atoms with Gasteiger partial charge in [-0.1, -0.05) is 11.6 Å². The Hall–Kier alpha value is -2.23. The molecule has 0 spiro atoms. The molecule has 0 saturated heterocycles. The second-order valence-corrected chi connectivity index (χ2v) is 5.13. The fraction of sp³-hybridized carbons (Fsp3) is 0.375. The van der Waals surface area contributed by atoms with Gasteiger partial charge in [0.15, 0.2) is 0 Å². The molecule has 0 bridgehead atoms. The van der Waals surface area contributed by atoms with Crippen molar-refractivity contribution in [3.63, 3.8) is 0 Å². The van der Waals surface area contributed by atoms with Crippen LogP contribution in [0.2, 0.25) is 5.02 Å². The van der Waals surface area contributed by atoms with Crippen LogP contribution in [0.4, 0.5) is 5.69 Å². The van der Waals surface area contributed by atoms with E-state index in [2.05, 4.69) is 10.6 Å². The van der Waals surface area contributed by atoms with Crippen molar-refractivity contribution in [2.75, 3.05) is 32.7 Å². The maximum atomic E-state index is 11.9. The zero-order valence-electron chi connectivity index (χ0n) is 13.4. The average Bonchev–Trinajstić information content (AvgIpc) is 2.55. The zero-order valence-corrected chi connectivity index (χ0v) is 14.2. The van der Waals surface area contributed by atoms with Gasteiger partial charge in [-0.3, -0.25) is 4.79 Å². The summed E-state index contributed by atoms with van der Waals surface area (Å²) in [5.74, 6) is 0.0791. The number of nitriles is 1. The Kier molecular flexibility index (Phi) is 7.95. The van der Waals surface area contributed by atoms with E-state index in [1.165, 1.54) is 13.3 Å². The Morgan fingerprint density at radius 1 is 1.43 bits per heavy atom. The number of hydrogen-bond donors (Lipinski definition) is 2. The van der Waals surface area contributed by atoms with Crippen molar-refractivity contribution >= 4 is 23.2 Å². The van der Waals surface area contributed by atoms with Crippen LogP contribution in [-0.2, 0) is 9.53 Å². The van der Waals surface area contributed by atoms with Gasteiger partial charge >= 0.3 is 0 Å². The first-order chi connectivity index (χ1) is 11.0. The molecule has 0 aromatic heterocycles. The quantitative estimate of drug-likeness (QED) is 0.433. The number of nitrogens with zero attached hydrogens (tertiary/aromatic N) is 1. The first-order valence-electron chi connectivity index (χ1n) is 7.01. The molecule has 0 aliphatic rings. The van der Waals surface area contributed by atoms with Crippen LogP contribution < -0.4 is 15.4 Å². The van der Waals surface area contributed by atoms with E-state index in [1.807, 2.05) is 13.0 Å². The highest BCUT2D eigenvalue weighted by Crippen LogP contribution is 2.31. The number of carbonyl (C=O) groups is 1. The molecule has 0 aliphatic carbocycles. The van der Waals surface area contributed by atoms with Crippen LogP contribution in [0.5, 0.6) is 5.75 Å². The van der Waals surface area contributed by atoms with Crippen LogP contribution in [0.1, 0.15) is 12.0 Å². The summed E-state index contributed by atoms with van der Waals surface area (Å²) < 4.78 is 10.1. The minimum Gasteiger partial charge on any atom is -0.495 e. The monoisotopic (exact) mass is 337 g/mol. The summed E-state index contributed by atoms with van der Waals surface area (Å²) in [7, 11) is 3.11. The zero-order chi connectivity index (χ0) is 17.2. The molecular formula is C16H20ClN3O3. The van der Waals surface area contributed by atoms with Crippen molar-refractivity contribution in [2.45, 2.75) is 13.3 Å². The third-order valence-electron chi connectivity index (χ3n) is 3.03. The van der Waals surface area contributed by atoms with Crippen LogP contribution in [0, 0.1) is 18.3 Å². The van der Waals surface area contributed by atoms with Gasteiger partial charge in [0.05, 0.1) is 12.8 Å². The Bertz CT molecular complexity index is 624. The molecule has 0 unspecified atom stereocenters. The lowest BCUT2D eigenvalue weighted by Gasteiger charge is -2.11. The van der Waals surface area contributed by atoms with Gasteiger partial charge in [-0.25, -0.2) is 0 Å². The molecule has 1 aromatic carbocycles. The number of aryl methyl sites for hydroxylation is 1. The summed E-state index contributed by atoms with van der Waals surface area (Å²) in [5.41, 5.74) is 1.44. The Morgan fingerprint density at radius 3 is 2.78 bits per heavy atom. The van der Waals surface area contributed by atoms with E-state index < -0.39 is 5.91 Å². The molecule has 0 heterocycles. The summed E-state index contributed by atoms with van der Waals surface area (Å²) in [4.78, 5) is 11.9. The van der Waals surface area contributed by atoms with E-state index in [1.54, 1.807) is 19.2 Å². The van der Waals surface area contributed by atoms with Gasteiger partial charge in [0.25, 0.3) is 5.91 Å². The standard InChI is InChI=1S/C16H20ClN3O3/c1-11-7-14(15(23-3)8-13(11)17)20-10-12(9-18)16(21)19-5-4-6-22-2/h7-8,10,20H,4-6H2,1-3H3,(H,19,21)/b12-10-. The van der Waals surface area contributed by atoms with Gasteiger partial charge in [-0.05, 0) is 25.0 Å². The van der Waals surface area contributed by atoms with Gasteiger partial charge < -0.3 is 20.1 Å². The van der Waals surface area contributed by atoms with E-state index in [0.717, 1.165) is 5.56 Å². The lowest BCUT2D eigenvalue weighted by Crippen LogP contribution is -2.26. The van der Waals surface area contributed by atoms with E-state index in [4.69, 9.17) is 26.3 Å². The topological polar surface area (TPSA) is 83.4 Å². The predicted molar refractivity (Wildman–Crippen MR) is 89.6 cm³/mol. The second-order valence-electron chi connectivity index (χ2n) is 4.72. The minimum absolute atomic E-state index is 0.0305. The number of methoxy groups -OCH3 is 2. The maximum absolute atomic E-state index is 11.9. The van der Waals surface area contributed by atoms with E-state index in [9.17, 15) is 4.79 Å². The Morgan fingerprint density at radius 2 is 2.17 bits per heavy atom. The van der Waals surface area contributed by atoms with Crippen molar-refractivity contribution in [1.82, 2.24) is 5.32 Å². The van der Waals surface area contributed by atoms with Crippen LogP contribution in [-0.4, -0.2) is 33.3 Å². The Balaban J connectivity index is 2.79. The average molecular weight is 338 g/mol. The van der Waals surface area contributed by atoms with Gasteiger partial charge in [0, 0.05) is 37.6 Å². The number of carbonyl (C=O) groups excluding carboxylic acids is 1. The molecule has 6 nitrogen and oxygen atoms in total. The predicted octanol–water partition coefficient (Wildman–Crippen LogP) is 2.63. The molecule has 2 N–H and O–H groups in total. The third-order valence-corrected chi connectivity index (χ3v) is 3.44. The lowest BCUT2D eigenvalue weighted by molar-refractivity contribution is -0.117. The lowest BCUT2D eigenvalue weighted by atomic mass is 10.2. The highest BCUT2D eigenvalue weighted by molar-refractivity contribution is 6.31. The fourth-order valence-corrected chi connectivity index (χ4v) is 1.91. The molecule has 1 rings (SSSR count). The summed E-state index contributed by atoms with van der Waals surface area (Å²) >= 11 is 6.04. The highest BCUT2D eigenvalue weighted by Gasteiger charge is 2.10. The van der Waals surface area contributed by atoms with E-state index in [-0.39, 0.29) is 5.57 Å². The Labute approximate surface area is 141 Å². The summed E-state index contributed by atoms with van der Waals surface area (Å²) in [6.45, 7) is 2.84. The number of hydrogen-bond acceptors (Lipinski definition) is 5. The van der Waals surface area contributed by atoms with Crippen molar-refractivity contribution in [3.05, 3.63) is 34.5 Å². The van der Waals surface area contributed by atoms with Crippen LogP contribution in [0.15, 0.2) is 23.9 Å². The minimum atomic E-state index is -0.444. The maximum Gasteiger partial charge on any atom is 0.263 e. The van der Waals surface area contributed by atoms with Gasteiger partial charge in [-0.2, -0.15) is 5.26 Å². The number of ether oxygens (including phenoxy) is 2. The molecule has 0 fully saturated rings. The molecule has 1 amide bonds. The highest BCUT2D eigenvalue weighted by atomic mass is 35.5. The van der Waals surface area contributed by atoms with Gasteiger partial charge in [0.1, 0.15) is 17.4 Å². The van der Waals surface area contributed by atoms with Crippen molar-refractivity contribution in [3.8, 4) is 11.8 Å². The fourth-order valence-electron chi connectivity index (χ4n) is 1.76. The number of benzene rings is 1. The SMILES string of the molecule is COCCCNC(=O)/C(C#N)=C\Nc1cc(C)c(Cl)cc1OC. The van der Waals surface area contributed by atoms with Gasteiger partial charge in [0.2, 0.25) is 0 Å². The largest absolute Gasteiger partial charge is 0.495 e. The molecule has 7 heteroatoms. The number of nitrogens with one attached hydrogen (secondary N) is 2. The number of rotatable bonds is 8. The number of halogens is 1. The van der Waals surface area contributed by atoms with Crippen LogP contribution in [0.3, 0.4) is 0 Å². The molecular weight excluding hydrogens is 318 g/mol. The normalized spacial score (nSPS) is 10.8. The molecule has 0 saturated carbocycles. The third kappa shape index (κ3) is 5.81. The second kappa shape index (κ2) is 9.72. The van der Waals surface area contributed by atoms with E-state index >= 15 is 0 Å². The molecule has 1 aromatic rings. The number of anilines is 1. The summed E-state index contributed by atoms with van der Waals surface area (Å²) in [5, 5.41) is 15.2. The van der Waals surface area contributed by atoms with Gasteiger partial charge in [-0.15, -0.1) is 0 Å². The molecule has 23 heavy (non-hydrogen) atoms. The molecule has 124 valence electrons. The molecule has 0 radical (unpaired) electrons. The summed E-state index contributed by atoms with van der Waals surface area (Å²) in [6.07, 6.45) is 2.02. The summed E-state index contributed by atoms with van der Waals surface area (Å²) in [6, 6.07) is 5.32. The van der Waals surface area contributed by atoms with Crippen LogP contribution in [0.25, 0.3) is 0 Å². The first-order valence-corrected chi connectivity index (χ1v) is 7.39. The smallest absolute Gasteiger partial charge is 0.263 e. The van der Waals surface area contributed by atoms with E-state index in [0.29, 0.717) is 36.0 Å². The number of amides is 1. The molecule has 0 aliphatic heterocycles. The van der Waals surface area contributed by atoms with Crippen molar-refractivity contribution in [1.29, 1.82) is 5.26 Å². The first kappa shape index (κ1) is 18.8. The van der Waals surface area contributed by atoms with Crippen molar-refractivity contribution < 1.29 is 14.3 Å². The van der Waals surface area contributed by atoms with Crippen LogP contribution >= 0.6 is 11.6 Å².